The minimum Gasteiger partial charge on any atom is -0.343 e. The molecule has 5 nitrogen and oxygen atoms in total. The molecule has 0 radical (unpaired) electrons. The van der Waals surface area contributed by atoms with Gasteiger partial charge in [0.15, 0.2) is 5.11 Å². The van der Waals surface area contributed by atoms with E-state index in [0.29, 0.717) is 17.7 Å². The third-order valence-electron chi connectivity index (χ3n) is 7.25. The van der Waals surface area contributed by atoms with Crippen LogP contribution in [0.2, 0.25) is 0 Å². The van der Waals surface area contributed by atoms with E-state index in [4.69, 9.17) is 12.2 Å². The number of thiocarbonyl (C=S) groups is 1. The summed E-state index contributed by atoms with van der Waals surface area (Å²) in [4.78, 5) is 20.9. The summed E-state index contributed by atoms with van der Waals surface area (Å²) in [6.45, 7) is 13.9. The van der Waals surface area contributed by atoms with Crippen LogP contribution in [0.4, 0.5) is 5.69 Å². The van der Waals surface area contributed by atoms with E-state index >= 15 is 0 Å². The number of hydrogen-bond donors (Lipinski definition) is 2. The maximum absolute atomic E-state index is 13.1. The number of hydrogen-bond acceptors (Lipinski definition) is 3. The average molecular weight is 477 g/mol. The second kappa shape index (κ2) is 10.3. The van der Waals surface area contributed by atoms with Crippen molar-refractivity contribution in [3.8, 4) is 0 Å². The lowest BCUT2D eigenvalue weighted by Crippen LogP contribution is -2.45. The van der Waals surface area contributed by atoms with Crippen molar-refractivity contribution < 1.29 is 0 Å². The zero-order valence-electron chi connectivity index (χ0n) is 21.0. The van der Waals surface area contributed by atoms with Crippen LogP contribution in [0.15, 0.2) is 41.2 Å². The maximum Gasteiger partial charge on any atom is 0.253 e. The summed E-state index contributed by atoms with van der Waals surface area (Å²) in [6, 6.07) is 13.0. The van der Waals surface area contributed by atoms with Crippen LogP contribution in [0.3, 0.4) is 0 Å². The number of anilines is 1. The first-order chi connectivity index (χ1) is 16.3. The summed E-state index contributed by atoms with van der Waals surface area (Å²) in [5, 5.41) is 5.20. The Bertz CT molecular complexity index is 1270. The highest BCUT2D eigenvalue weighted by Crippen LogP contribution is 2.23. The lowest BCUT2D eigenvalue weighted by molar-refractivity contribution is 0.221. The molecule has 1 fully saturated rings. The fraction of sp³-hybridized carbons (Fsp3) is 0.429. The van der Waals surface area contributed by atoms with Crippen LogP contribution in [0.1, 0.15) is 47.6 Å². The van der Waals surface area contributed by atoms with Gasteiger partial charge in [0.25, 0.3) is 5.56 Å². The lowest BCUT2D eigenvalue weighted by Gasteiger charge is -2.32. The predicted octanol–water partition coefficient (Wildman–Crippen LogP) is 5.45. The highest BCUT2D eigenvalue weighted by Gasteiger charge is 2.27. The normalized spacial score (nSPS) is 16.2. The van der Waals surface area contributed by atoms with Gasteiger partial charge in [-0.15, -0.1) is 0 Å². The van der Waals surface area contributed by atoms with Crippen LogP contribution in [-0.4, -0.2) is 45.6 Å². The average Bonchev–Trinajstić information content (AvgIpc) is 3.26. The number of aromatic amines is 1. The Morgan fingerprint density at radius 3 is 2.68 bits per heavy atom. The van der Waals surface area contributed by atoms with E-state index in [9.17, 15) is 4.79 Å². The van der Waals surface area contributed by atoms with Crippen LogP contribution in [0.25, 0.3) is 10.9 Å². The molecule has 1 saturated heterocycles. The molecule has 0 spiro atoms. The second-order valence-electron chi connectivity index (χ2n) is 9.65. The number of H-pyrrole nitrogens is 1. The number of benzene rings is 2. The van der Waals surface area contributed by atoms with Gasteiger partial charge in [-0.05, 0) is 106 Å². The van der Waals surface area contributed by atoms with E-state index in [1.165, 1.54) is 17.5 Å². The van der Waals surface area contributed by atoms with Crippen LogP contribution in [-0.2, 0) is 6.54 Å². The van der Waals surface area contributed by atoms with Gasteiger partial charge < -0.3 is 15.2 Å². The highest BCUT2D eigenvalue weighted by molar-refractivity contribution is 7.80. The number of rotatable bonds is 6. The first-order valence-electron chi connectivity index (χ1n) is 12.3. The molecule has 3 aromatic rings. The van der Waals surface area contributed by atoms with Gasteiger partial charge in [0.1, 0.15) is 0 Å². The molecular weight excluding hydrogens is 440 g/mol. The van der Waals surface area contributed by atoms with Crippen molar-refractivity contribution in [1.29, 1.82) is 0 Å². The molecule has 0 aliphatic carbocycles. The van der Waals surface area contributed by atoms with Gasteiger partial charge in [-0.2, -0.15) is 0 Å². The second-order valence-corrected chi connectivity index (χ2v) is 10.0. The molecule has 4 rings (SSSR count). The first kappa shape index (κ1) is 24.4. The third-order valence-corrected chi connectivity index (χ3v) is 7.61. The van der Waals surface area contributed by atoms with E-state index in [1.54, 1.807) is 0 Å². The Hall–Kier alpha value is -2.70. The van der Waals surface area contributed by atoms with Crippen LogP contribution in [0, 0.1) is 27.7 Å². The first-order valence-corrected chi connectivity index (χ1v) is 12.7. The minimum absolute atomic E-state index is 0.0421. The molecule has 0 saturated carbocycles. The molecule has 34 heavy (non-hydrogen) atoms. The van der Waals surface area contributed by atoms with Crippen molar-refractivity contribution in [2.24, 2.45) is 0 Å². The standard InChI is InChI=1S/C28H36N4OS/c1-6-31-13-7-8-24(31)17-32(28(34)29-25-14-18(2)9-10-20(25)4)16-23-15-22-12-11-19(3)21(5)26(22)30-27(23)33/h9-12,14-15,24H,6-8,13,16-17H2,1-5H3,(H,29,34)(H,30,33)/t24-/m1/s1. The van der Waals surface area contributed by atoms with Crippen molar-refractivity contribution in [2.45, 2.75) is 60.0 Å². The minimum atomic E-state index is -0.0421. The van der Waals surface area contributed by atoms with Crippen LogP contribution in [0.5, 0.6) is 0 Å². The number of fused-ring (bicyclic) bond motifs is 1. The van der Waals surface area contributed by atoms with Crippen molar-refractivity contribution in [2.75, 3.05) is 25.0 Å². The Morgan fingerprint density at radius 2 is 1.91 bits per heavy atom. The summed E-state index contributed by atoms with van der Waals surface area (Å²) in [6.07, 6.45) is 2.36. The molecule has 1 aromatic heterocycles. The van der Waals surface area contributed by atoms with E-state index in [2.05, 4.69) is 85.1 Å². The van der Waals surface area contributed by atoms with Gasteiger partial charge in [0.2, 0.25) is 0 Å². The zero-order chi connectivity index (χ0) is 24.4. The van der Waals surface area contributed by atoms with Gasteiger partial charge >= 0.3 is 0 Å². The fourth-order valence-corrected chi connectivity index (χ4v) is 5.20. The highest BCUT2D eigenvalue weighted by atomic mass is 32.1. The number of pyridine rings is 1. The van der Waals surface area contributed by atoms with Gasteiger partial charge in [-0.3, -0.25) is 9.69 Å². The molecule has 2 N–H and O–H groups in total. The molecule has 1 atom stereocenters. The molecule has 1 aliphatic heterocycles. The van der Waals surface area contributed by atoms with E-state index in [-0.39, 0.29) is 5.56 Å². The SMILES string of the molecule is CCN1CCC[C@@H]1CN(Cc1cc2ccc(C)c(C)c2[nH]c1=O)C(=S)Nc1cc(C)ccc1C. The lowest BCUT2D eigenvalue weighted by atomic mass is 10.0. The number of aromatic nitrogens is 1. The van der Waals surface area contributed by atoms with Gasteiger partial charge in [0.05, 0.1) is 12.1 Å². The molecule has 2 aromatic carbocycles. The Labute approximate surface area is 208 Å². The smallest absolute Gasteiger partial charge is 0.253 e. The fourth-order valence-electron chi connectivity index (χ4n) is 4.95. The van der Waals surface area contributed by atoms with Crippen molar-refractivity contribution >= 4 is 33.9 Å². The number of nitrogens with zero attached hydrogens (tertiary/aromatic N) is 2. The number of likely N-dealkylation sites (tertiary alicyclic amines) is 1. The molecule has 0 unspecified atom stereocenters. The molecule has 180 valence electrons. The molecule has 6 heteroatoms. The quantitative estimate of drug-likeness (QED) is 0.464. The number of nitrogens with one attached hydrogen (secondary N) is 2. The topological polar surface area (TPSA) is 51.4 Å². The molecule has 0 amide bonds. The molecule has 1 aliphatic rings. The summed E-state index contributed by atoms with van der Waals surface area (Å²) >= 11 is 5.93. The molecule has 2 heterocycles. The summed E-state index contributed by atoms with van der Waals surface area (Å²) in [7, 11) is 0. The van der Waals surface area contributed by atoms with E-state index in [1.807, 2.05) is 6.07 Å². The third kappa shape index (κ3) is 5.18. The van der Waals surface area contributed by atoms with Crippen molar-refractivity contribution in [1.82, 2.24) is 14.8 Å². The zero-order valence-corrected chi connectivity index (χ0v) is 21.8. The molecule has 0 bridgehead atoms. The van der Waals surface area contributed by atoms with Gasteiger partial charge in [-0.1, -0.05) is 31.2 Å². The van der Waals surface area contributed by atoms with E-state index in [0.717, 1.165) is 59.3 Å². The van der Waals surface area contributed by atoms with E-state index < -0.39 is 0 Å². The predicted molar refractivity (Wildman–Crippen MR) is 147 cm³/mol. The summed E-state index contributed by atoms with van der Waals surface area (Å²) in [5.74, 6) is 0. The number of aryl methyl sites for hydroxylation is 4. The van der Waals surface area contributed by atoms with Gasteiger partial charge in [0, 0.05) is 23.8 Å². The van der Waals surface area contributed by atoms with Crippen LogP contribution >= 0.6 is 12.2 Å². The van der Waals surface area contributed by atoms with Crippen LogP contribution < -0.4 is 10.9 Å². The Balaban J connectivity index is 1.65. The Kier molecular flexibility index (Phi) is 7.39. The maximum atomic E-state index is 13.1. The van der Waals surface area contributed by atoms with Crippen molar-refractivity contribution in [3.05, 3.63) is 74.6 Å². The number of likely N-dealkylation sites (N-methyl/N-ethyl adjacent to an activating group) is 1. The summed E-state index contributed by atoms with van der Waals surface area (Å²) in [5.41, 5.74) is 7.27. The summed E-state index contributed by atoms with van der Waals surface area (Å²) < 4.78 is 0. The van der Waals surface area contributed by atoms with Crippen molar-refractivity contribution in [3.63, 3.8) is 0 Å². The Morgan fingerprint density at radius 1 is 1.15 bits per heavy atom. The molecular formula is C28H36N4OS. The van der Waals surface area contributed by atoms with Gasteiger partial charge in [-0.25, -0.2) is 0 Å². The largest absolute Gasteiger partial charge is 0.343 e. The monoisotopic (exact) mass is 476 g/mol.